The second-order valence-corrected chi connectivity index (χ2v) is 9.81. The van der Waals surface area contributed by atoms with E-state index in [-0.39, 0.29) is 11.3 Å². The topological polar surface area (TPSA) is 89.2 Å². The van der Waals surface area contributed by atoms with Gasteiger partial charge in [0.25, 0.3) is 5.89 Å². The molecule has 0 N–H and O–H groups in total. The monoisotopic (exact) mass is 382 g/mol. The van der Waals surface area contributed by atoms with Crippen LogP contribution < -0.4 is 0 Å². The molecule has 2 aromatic rings. The Morgan fingerprint density at radius 3 is 2.68 bits per heavy atom. The molecule has 1 saturated heterocycles. The Bertz CT molecular complexity index is 839. The lowest BCUT2D eigenvalue weighted by Crippen LogP contribution is -2.39. The number of hydrogen-bond acceptors (Lipinski definition) is 7. The third-order valence-electron chi connectivity index (χ3n) is 5.17. The van der Waals surface area contributed by atoms with Gasteiger partial charge in [0, 0.05) is 6.54 Å². The first-order chi connectivity index (χ1) is 12.1. The minimum absolute atomic E-state index is 0.256. The van der Waals surface area contributed by atoms with E-state index >= 15 is 0 Å². The zero-order valence-electron chi connectivity index (χ0n) is 14.2. The Morgan fingerprint density at radius 2 is 1.96 bits per heavy atom. The summed E-state index contributed by atoms with van der Waals surface area (Å²) in [5, 5.41) is 8.03. The number of nitrogens with zero attached hydrogens (tertiary/aromatic N) is 4. The van der Waals surface area contributed by atoms with Gasteiger partial charge in [0.15, 0.2) is 0 Å². The van der Waals surface area contributed by atoms with E-state index in [2.05, 4.69) is 15.2 Å². The fourth-order valence-corrected chi connectivity index (χ4v) is 6.78. The number of aromatic nitrogens is 3. The Balaban J connectivity index is 1.60. The quantitative estimate of drug-likeness (QED) is 0.806. The molecule has 7 nitrogen and oxygen atoms in total. The molecule has 0 bridgehead atoms. The van der Waals surface area contributed by atoms with Crippen molar-refractivity contribution in [2.45, 2.75) is 63.2 Å². The summed E-state index contributed by atoms with van der Waals surface area (Å²) in [5.74, 6) is 0.830. The van der Waals surface area contributed by atoms with E-state index in [1.54, 1.807) is 9.82 Å². The highest BCUT2D eigenvalue weighted by Gasteiger charge is 2.42. The van der Waals surface area contributed by atoms with Gasteiger partial charge in [-0.25, -0.2) is 13.4 Å². The highest BCUT2D eigenvalue weighted by atomic mass is 32.2. The first-order valence-corrected chi connectivity index (χ1v) is 11.2. The fourth-order valence-electron chi connectivity index (χ4n) is 3.81. The van der Waals surface area contributed by atoms with Crippen LogP contribution in [0.5, 0.6) is 0 Å². The molecule has 25 heavy (non-hydrogen) atoms. The van der Waals surface area contributed by atoms with Crippen LogP contribution in [0.4, 0.5) is 0 Å². The van der Waals surface area contributed by atoms with E-state index in [1.165, 1.54) is 11.3 Å². The molecule has 9 heteroatoms. The number of sulfonamides is 1. The number of hydrogen-bond donors (Lipinski definition) is 0. The van der Waals surface area contributed by atoms with E-state index in [1.807, 2.05) is 6.92 Å². The van der Waals surface area contributed by atoms with E-state index in [9.17, 15) is 8.42 Å². The molecular weight excluding hydrogens is 360 g/mol. The van der Waals surface area contributed by atoms with Crippen LogP contribution in [0.3, 0.4) is 0 Å². The van der Waals surface area contributed by atoms with Crippen molar-refractivity contribution in [2.75, 3.05) is 6.54 Å². The maximum Gasteiger partial charge on any atom is 0.259 e. The summed E-state index contributed by atoms with van der Waals surface area (Å²) in [5.41, 5.74) is 2.59. The van der Waals surface area contributed by atoms with Crippen molar-refractivity contribution in [3.8, 4) is 10.8 Å². The van der Waals surface area contributed by atoms with Crippen molar-refractivity contribution < 1.29 is 12.8 Å². The summed E-state index contributed by atoms with van der Waals surface area (Å²) in [4.78, 5) is 5.05. The van der Waals surface area contributed by atoms with Gasteiger partial charge in [-0.15, -0.1) is 21.5 Å². The lowest BCUT2D eigenvalue weighted by molar-refractivity contribution is 0.323. The maximum atomic E-state index is 13.1. The van der Waals surface area contributed by atoms with Crippen molar-refractivity contribution in [1.29, 1.82) is 0 Å². The van der Waals surface area contributed by atoms with Gasteiger partial charge in [-0.1, -0.05) is 19.3 Å². The van der Waals surface area contributed by atoms with E-state index in [0.29, 0.717) is 18.3 Å². The van der Waals surface area contributed by atoms with Gasteiger partial charge in [-0.05, 0) is 32.6 Å². The van der Waals surface area contributed by atoms with Crippen molar-refractivity contribution in [3.05, 3.63) is 17.1 Å². The van der Waals surface area contributed by atoms with E-state index < -0.39 is 10.0 Å². The lowest BCUT2D eigenvalue weighted by Gasteiger charge is -2.29. The fraction of sp³-hybridized carbons (Fsp3) is 0.688. The maximum absolute atomic E-state index is 13.1. The molecule has 2 aliphatic rings. The Hall–Kier alpha value is -1.32. The van der Waals surface area contributed by atoms with Crippen LogP contribution in [0.25, 0.3) is 10.8 Å². The predicted molar refractivity (Wildman–Crippen MR) is 94.6 cm³/mol. The molecule has 1 saturated carbocycles. The second-order valence-electron chi connectivity index (χ2n) is 6.79. The van der Waals surface area contributed by atoms with Crippen molar-refractivity contribution in [2.24, 2.45) is 0 Å². The van der Waals surface area contributed by atoms with Gasteiger partial charge >= 0.3 is 0 Å². The smallest absolute Gasteiger partial charge is 0.259 e. The first kappa shape index (κ1) is 17.1. The van der Waals surface area contributed by atoms with Gasteiger partial charge in [0.1, 0.15) is 10.9 Å². The second kappa shape index (κ2) is 6.77. The molecular formula is C16H22N4O3S2. The normalized spacial score (nSPS) is 23.3. The minimum atomic E-state index is -3.32. The van der Waals surface area contributed by atoms with E-state index in [4.69, 9.17) is 4.42 Å². The molecule has 0 amide bonds. The summed E-state index contributed by atoms with van der Waals surface area (Å²) < 4.78 is 33.6. The van der Waals surface area contributed by atoms with Crippen LogP contribution in [-0.2, 0) is 10.0 Å². The van der Waals surface area contributed by atoms with Crippen molar-refractivity contribution in [1.82, 2.24) is 19.5 Å². The zero-order valence-corrected chi connectivity index (χ0v) is 15.9. The summed E-state index contributed by atoms with van der Waals surface area (Å²) in [7, 11) is -3.32. The number of thiazole rings is 1. The third-order valence-corrected chi connectivity index (χ3v) is 8.49. The molecule has 0 unspecified atom stereocenters. The van der Waals surface area contributed by atoms with E-state index in [0.717, 1.165) is 55.5 Å². The first-order valence-electron chi connectivity index (χ1n) is 8.82. The van der Waals surface area contributed by atoms with Crippen LogP contribution in [-0.4, -0.2) is 39.7 Å². The Morgan fingerprint density at radius 1 is 1.16 bits per heavy atom. The number of rotatable bonds is 4. The predicted octanol–water partition coefficient (Wildman–Crippen LogP) is 3.30. The highest BCUT2D eigenvalue weighted by Crippen LogP contribution is 2.38. The van der Waals surface area contributed by atoms with Crippen LogP contribution in [0.2, 0.25) is 0 Å². The molecule has 136 valence electrons. The van der Waals surface area contributed by atoms with Gasteiger partial charge in [0.05, 0.1) is 16.5 Å². The molecule has 2 aromatic heterocycles. The molecule has 0 aromatic carbocycles. The Labute approximate surface area is 151 Å². The summed E-state index contributed by atoms with van der Waals surface area (Å²) in [6, 6.07) is -0.332. The molecule has 0 spiro atoms. The minimum Gasteiger partial charge on any atom is -0.418 e. The van der Waals surface area contributed by atoms with Gasteiger partial charge in [-0.2, -0.15) is 4.31 Å². The summed E-state index contributed by atoms with van der Waals surface area (Å²) >= 11 is 1.45. The lowest BCUT2D eigenvalue weighted by atomic mass is 10.0. The molecule has 2 fully saturated rings. The highest BCUT2D eigenvalue weighted by molar-refractivity contribution is 7.89. The largest absolute Gasteiger partial charge is 0.418 e. The molecule has 1 atom stereocenters. The van der Waals surface area contributed by atoms with Gasteiger partial charge in [0.2, 0.25) is 15.9 Å². The van der Waals surface area contributed by atoms with Crippen molar-refractivity contribution in [3.63, 3.8) is 0 Å². The zero-order chi connectivity index (χ0) is 17.4. The summed E-state index contributed by atoms with van der Waals surface area (Å²) in [6.07, 6.45) is 6.22. The van der Waals surface area contributed by atoms with Crippen LogP contribution in [0.15, 0.2) is 9.93 Å². The van der Waals surface area contributed by atoms with Crippen molar-refractivity contribution >= 4 is 21.4 Å². The standard InChI is InChI=1S/C16H22N4O3S2/c1-11-14(24-10-17-11)16-19-18-15(23-16)13-8-5-9-20(13)25(21,22)12-6-3-2-4-7-12/h10,12-13H,2-9H2,1H3/t13-/m0/s1. The molecule has 0 radical (unpaired) electrons. The van der Waals surface area contributed by atoms with Gasteiger partial charge in [-0.3, -0.25) is 0 Å². The SMILES string of the molecule is Cc1ncsc1-c1nnc([C@@H]2CCCN2S(=O)(=O)C2CCCCC2)o1. The average Bonchev–Trinajstić information content (AvgIpc) is 3.35. The third kappa shape index (κ3) is 3.13. The van der Waals surface area contributed by atoms with Crippen LogP contribution >= 0.6 is 11.3 Å². The molecule has 3 heterocycles. The molecule has 1 aliphatic carbocycles. The average molecular weight is 383 g/mol. The molecule has 1 aliphatic heterocycles. The van der Waals surface area contributed by atoms with Gasteiger partial charge < -0.3 is 4.42 Å². The summed E-state index contributed by atoms with van der Waals surface area (Å²) in [6.45, 7) is 2.44. The number of aryl methyl sites for hydroxylation is 1. The van der Waals surface area contributed by atoms with Crippen LogP contribution in [0.1, 0.15) is 62.6 Å². The Kier molecular flexibility index (Phi) is 4.63. The molecule has 4 rings (SSSR count). The van der Waals surface area contributed by atoms with Crippen LogP contribution in [0, 0.1) is 6.92 Å².